The van der Waals surface area contributed by atoms with E-state index in [0.717, 1.165) is 19.3 Å². The van der Waals surface area contributed by atoms with Crippen LogP contribution in [0.15, 0.2) is 0 Å². The number of hydrogen-bond acceptors (Lipinski definition) is 3. The molecule has 0 bridgehead atoms. The van der Waals surface area contributed by atoms with Crippen molar-refractivity contribution < 1.29 is 9.78 Å². The Bertz CT molecular complexity index is 186. The SMILES string of the molecule is CCCOOC1CC(C)(C)NC(C)(C)C1. The highest BCUT2D eigenvalue weighted by molar-refractivity contribution is 4.97. The Labute approximate surface area is 93.5 Å². The summed E-state index contributed by atoms with van der Waals surface area (Å²) in [6, 6.07) is 0. The maximum atomic E-state index is 5.45. The lowest BCUT2D eigenvalue weighted by Gasteiger charge is -2.45. The summed E-state index contributed by atoms with van der Waals surface area (Å²) >= 11 is 0. The van der Waals surface area contributed by atoms with E-state index in [2.05, 4.69) is 39.9 Å². The lowest BCUT2D eigenvalue weighted by Crippen LogP contribution is -2.59. The molecule has 1 N–H and O–H groups in total. The van der Waals surface area contributed by atoms with Crippen LogP contribution in [0.5, 0.6) is 0 Å². The molecule has 0 aromatic heterocycles. The van der Waals surface area contributed by atoms with Crippen molar-refractivity contribution in [2.24, 2.45) is 0 Å². The molecule has 0 aromatic carbocycles. The average molecular weight is 215 g/mol. The Hall–Kier alpha value is -0.120. The molecular formula is C12H25NO2. The van der Waals surface area contributed by atoms with Crippen molar-refractivity contribution in [1.29, 1.82) is 0 Å². The van der Waals surface area contributed by atoms with Crippen LogP contribution in [0.4, 0.5) is 0 Å². The second-order valence-electron chi connectivity index (χ2n) is 5.84. The fraction of sp³-hybridized carbons (Fsp3) is 1.00. The zero-order valence-corrected chi connectivity index (χ0v) is 10.7. The molecular weight excluding hydrogens is 190 g/mol. The van der Waals surface area contributed by atoms with Crippen LogP contribution in [0.25, 0.3) is 0 Å². The third-order valence-electron chi connectivity index (χ3n) is 2.64. The topological polar surface area (TPSA) is 30.5 Å². The molecule has 0 saturated carbocycles. The number of nitrogens with one attached hydrogen (secondary N) is 1. The van der Waals surface area contributed by atoms with E-state index in [1.165, 1.54) is 0 Å². The summed E-state index contributed by atoms with van der Waals surface area (Å²) in [5, 5.41) is 3.62. The first-order valence-corrected chi connectivity index (χ1v) is 5.92. The van der Waals surface area contributed by atoms with E-state index in [9.17, 15) is 0 Å². The van der Waals surface area contributed by atoms with Gasteiger partial charge in [0.1, 0.15) is 0 Å². The fourth-order valence-corrected chi connectivity index (χ4v) is 2.52. The lowest BCUT2D eigenvalue weighted by atomic mass is 9.81. The summed E-state index contributed by atoms with van der Waals surface area (Å²) in [4.78, 5) is 10.6. The van der Waals surface area contributed by atoms with Gasteiger partial charge in [-0.25, -0.2) is 9.78 Å². The monoisotopic (exact) mass is 215 g/mol. The molecule has 0 radical (unpaired) electrons. The Balaban J connectivity index is 2.44. The van der Waals surface area contributed by atoms with E-state index >= 15 is 0 Å². The molecule has 1 rings (SSSR count). The highest BCUT2D eigenvalue weighted by atomic mass is 17.2. The minimum absolute atomic E-state index is 0.127. The molecule has 1 saturated heterocycles. The molecule has 3 heteroatoms. The van der Waals surface area contributed by atoms with Crippen molar-refractivity contribution in [1.82, 2.24) is 5.32 Å². The maximum absolute atomic E-state index is 5.45. The molecule has 0 unspecified atom stereocenters. The van der Waals surface area contributed by atoms with Gasteiger partial charge in [-0.15, -0.1) is 0 Å². The number of hydrogen-bond donors (Lipinski definition) is 1. The minimum atomic E-state index is 0.127. The Kier molecular flexibility index (Phi) is 4.15. The van der Waals surface area contributed by atoms with Crippen LogP contribution in [0.3, 0.4) is 0 Å². The van der Waals surface area contributed by atoms with Gasteiger partial charge in [-0.05, 0) is 47.0 Å². The Morgan fingerprint density at radius 3 is 2.13 bits per heavy atom. The van der Waals surface area contributed by atoms with Gasteiger partial charge in [0.2, 0.25) is 0 Å². The van der Waals surface area contributed by atoms with Gasteiger partial charge in [0.25, 0.3) is 0 Å². The third kappa shape index (κ3) is 4.49. The van der Waals surface area contributed by atoms with Crippen molar-refractivity contribution in [3.05, 3.63) is 0 Å². The zero-order chi connectivity index (χ0) is 11.5. The predicted octanol–water partition coefficient (Wildman–Crippen LogP) is 2.65. The fourth-order valence-electron chi connectivity index (χ4n) is 2.52. The van der Waals surface area contributed by atoms with Gasteiger partial charge in [-0.2, -0.15) is 0 Å². The molecule has 15 heavy (non-hydrogen) atoms. The molecule has 0 aliphatic carbocycles. The summed E-state index contributed by atoms with van der Waals surface area (Å²) < 4.78 is 0. The van der Waals surface area contributed by atoms with Crippen molar-refractivity contribution in [3.8, 4) is 0 Å². The van der Waals surface area contributed by atoms with Gasteiger partial charge < -0.3 is 5.32 Å². The van der Waals surface area contributed by atoms with Crippen molar-refractivity contribution in [2.45, 2.75) is 71.1 Å². The third-order valence-corrected chi connectivity index (χ3v) is 2.64. The molecule has 1 aliphatic heterocycles. The Morgan fingerprint density at radius 2 is 1.67 bits per heavy atom. The average Bonchev–Trinajstić information content (AvgIpc) is 1.98. The highest BCUT2D eigenvalue weighted by Gasteiger charge is 2.38. The van der Waals surface area contributed by atoms with Crippen LogP contribution in [-0.4, -0.2) is 23.8 Å². The molecule has 0 aromatic rings. The first-order valence-electron chi connectivity index (χ1n) is 5.92. The first kappa shape index (κ1) is 12.9. The molecule has 1 fully saturated rings. The molecule has 1 aliphatic rings. The molecule has 0 atom stereocenters. The van der Waals surface area contributed by atoms with Crippen LogP contribution in [0.1, 0.15) is 53.9 Å². The maximum Gasteiger partial charge on any atom is 0.0964 e. The van der Waals surface area contributed by atoms with E-state index in [-0.39, 0.29) is 17.2 Å². The van der Waals surface area contributed by atoms with E-state index in [1.54, 1.807) is 0 Å². The lowest BCUT2D eigenvalue weighted by molar-refractivity contribution is -0.333. The van der Waals surface area contributed by atoms with Crippen LogP contribution in [-0.2, 0) is 9.78 Å². The highest BCUT2D eigenvalue weighted by Crippen LogP contribution is 2.30. The minimum Gasteiger partial charge on any atom is -0.307 e. The largest absolute Gasteiger partial charge is 0.307 e. The molecule has 3 nitrogen and oxygen atoms in total. The van der Waals surface area contributed by atoms with Crippen molar-refractivity contribution in [3.63, 3.8) is 0 Å². The van der Waals surface area contributed by atoms with Gasteiger partial charge in [-0.1, -0.05) is 6.92 Å². The smallest absolute Gasteiger partial charge is 0.0964 e. The van der Waals surface area contributed by atoms with Crippen LogP contribution in [0.2, 0.25) is 0 Å². The Morgan fingerprint density at radius 1 is 1.13 bits per heavy atom. The van der Waals surface area contributed by atoms with Crippen LogP contribution in [0, 0.1) is 0 Å². The number of rotatable bonds is 4. The summed E-state index contributed by atoms with van der Waals surface area (Å²) in [6.45, 7) is 11.6. The van der Waals surface area contributed by atoms with Gasteiger partial charge in [0, 0.05) is 11.1 Å². The molecule has 0 spiro atoms. The molecule has 0 amide bonds. The summed E-state index contributed by atoms with van der Waals surface area (Å²) in [6.07, 6.45) is 3.21. The quantitative estimate of drug-likeness (QED) is 0.444. The van der Waals surface area contributed by atoms with Crippen molar-refractivity contribution in [2.75, 3.05) is 6.61 Å². The second-order valence-corrected chi connectivity index (χ2v) is 5.84. The van der Waals surface area contributed by atoms with Crippen LogP contribution >= 0.6 is 0 Å². The van der Waals surface area contributed by atoms with Crippen LogP contribution < -0.4 is 5.32 Å². The standard InChI is InChI=1S/C12H25NO2/c1-6-7-14-15-10-8-11(2,3)13-12(4,5)9-10/h10,13H,6-9H2,1-5H3. The number of piperidine rings is 1. The van der Waals surface area contributed by atoms with Gasteiger partial charge in [0.05, 0.1) is 12.7 Å². The van der Waals surface area contributed by atoms with Gasteiger partial charge in [0.15, 0.2) is 0 Å². The summed E-state index contributed by atoms with van der Waals surface area (Å²) in [5.41, 5.74) is 0.254. The van der Waals surface area contributed by atoms with Gasteiger partial charge >= 0.3 is 0 Å². The summed E-state index contributed by atoms with van der Waals surface area (Å²) in [7, 11) is 0. The zero-order valence-electron chi connectivity index (χ0n) is 10.7. The van der Waals surface area contributed by atoms with E-state index in [1.807, 2.05) is 0 Å². The van der Waals surface area contributed by atoms with E-state index in [4.69, 9.17) is 9.78 Å². The van der Waals surface area contributed by atoms with E-state index < -0.39 is 0 Å². The van der Waals surface area contributed by atoms with Gasteiger partial charge in [-0.3, -0.25) is 0 Å². The summed E-state index contributed by atoms with van der Waals surface area (Å²) in [5.74, 6) is 0. The second kappa shape index (κ2) is 4.81. The first-order chi connectivity index (χ1) is 6.85. The van der Waals surface area contributed by atoms with E-state index in [0.29, 0.717) is 6.61 Å². The normalized spacial score (nSPS) is 25.4. The van der Waals surface area contributed by atoms with Crippen molar-refractivity contribution >= 4 is 0 Å². The predicted molar refractivity (Wildman–Crippen MR) is 61.6 cm³/mol. The molecule has 1 heterocycles. The molecule has 90 valence electrons.